The Kier molecular flexibility index (Phi) is 10.2. The third kappa shape index (κ3) is 7.88. The van der Waals surface area contributed by atoms with Gasteiger partial charge in [0.2, 0.25) is 0 Å². The van der Waals surface area contributed by atoms with Crippen LogP contribution < -0.4 is 19.8 Å². The average molecular weight is 481 g/mol. The number of unbranched alkanes of at least 4 members (excludes halogenated alkanes) is 7. The van der Waals surface area contributed by atoms with Crippen LogP contribution in [-0.2, 0) is 0 Å². The van der Waals surface area contributed by atoms with E-state index in [2.05, 4.69) is 6.92 Å². The summed E-state index contributed by atoms with van der Waals surface area (Å²) in [6.07, 6.45) is 9.32. The van der Waals surface area contributed by atoms with E-state index in [1.807, 2.05) is 13.8 Å². The highest BCUT2D eigenvalue weighted by atomic mass is 16.6. The Bertz CT molecular complexity index is 1130. The molecule has 3 rings (SSSR count). The molecule has 6 heteroatoms. The number of benzene rings is 2. The van der Waals surface area contributed by atoms with E-state index in [9.17, 15) is 9.59 Å². The Hall–Kier alpha value is -3.28. The lowest BCUT2D eigenvalue weighted by Gasteiger charge is -2.14. The van der Waals surface area contributed by atoms with Crippen LogP contribution in [-0.4, -0.2) is 18.7 Å². The van der Waals surface area contributed by atoms with Crippen LogP contribution in [0.4, 0.5) is 0 Å². The average Bonchev–Trinajstić information content (AvgIpc) is 2.84. The lowest BCUT2D eigenvalue weighted by molar-refractivity contribution is 0.0721. The van der Waals surface area contributed by atoms with E-state index in [0.29, 0.717) is 28.9 Å². The van der Waals surface area contributed by atoms with Gasteiger partial charge in [0, 0.05) is 6.07 Å². The molecule has 0 aliphatic heterocycles. The summed E-state index contributed by atoms with van der Waals surface area (Å²) in [5.41, 5.74) is -0.116. The van der Waals surface area contributed by atoms with Gasteiger partial charge in [0.15, 0.2) is 5.75 Å². The fraction of sp³-hybridized carbons (Fsp3) is 0.448. The van der Waals surface area contributed by atoms with Gasteiger partial charge in [0.05, 0.1) is 23.7 Å². The topological polar surface area (TPSA) is 75.0 Å². The zero-order chi connectivity index (χ0) is 25.0. The van der Waals surface area contributed by atoms with Crippen molar-refractivity contribution in [2.75, 3.05) is 6.61 Å². The molecule has 1 aromatic heterocycles. The van der Waals surface area contributed by atoms with Gasteiger partial charge < -0.3 is 18.6 Å². The fourth-order valence-electron chi connectivity index (χ4n) is 3.85. The van der Waals surface area contributed by atoms with Gasteiger partial charge in [-0.05, 0) is 44.5 Å². The molecule has 6 nitrogen and oxygen atoms in total. The van der Waals surface area contributed by atoms with Crippen LogP contribution >= 0.6 is 0 Å². The van der Waals surface area contributed by atoms with E-state index in [4.69, 9.17) is 18.6 Å². The fourth-order valence-corrected chi connectivity index (χ4v) is 3.85. The molecular formula is C29H36O6. The first kappa shape index (κ1) is 26.3. The summed E-state index contributed by atoms with van der Waals surface area (Å²) in [6, 6.07) is 13.7. The zero-order valence-corrected chi connectivity index (χ0v) is 21.0. The number of carbonyl (C=O) groups excluding carboxylic acids is 1. The van der Waals surface area contributed by atoms with Gasteiger partial charge in [0.25, 0.3) is 5.75 Å². The van der Waals surface area contributed by atoms with Crippen LogP contribution in [0.2, 0.25) is 0 Å². The maximum absolute atomic E-state index is 12.8. The highest BCUT2D eigenvalue weighted by Crippen LogP contribution is 2.35. The van der Waals surface area contributed by atoms with Gasteiger partial charge >= 0.3 is 11.6 Å². The number of carbonyl (C=O) groups is 1. The van der Waals surface area contributed by atoms with Crippen LogP contribution in [0.25, 0.3) is 11.0 Å². The largest absolute Gasteiger partial charge is 0.491 e. The molecule has 0 saturated carbocycles. The highest BCUT2D eigenvalue weighted by Gasteiger charge is 2.22. The molecule has 0 spiro atoms. The molecule has 1 heterocycles. The van der Waals surface area contributed by atoms with Crippen LogP contribution in [0.5, 0.6) is 17.2 Å². The summed E-state index contributed by atoms with van der Waals surface area (Å²) in [5.74, 6) is -0.0735. The van der Waals surface area contributed by atoms with Gasteiger partial charge in [-0.2, -0.15) is 0 Å². The molecule has 0 fully saturated rings. The molecule has 0 unspecified atom stereocenters. The second-order valence-corrected chi connectivity index (χ2v) is 8.95. The minimum atomic E-state index is -0.769. The summed E-state index contributed by atoms with van der Waals surface area (Å²) >= 11 is 0. The van der Waals surface area contributed by atoms with Crippen molar-refractivity contribution in [1.29, 1.82) is 0 Å². The van der Waals surface area contributed by atoms with Crippen LogP contribution in [0.15, 0.2) is 57.7 Å². The van der Waals surface area contributed by atoms with E-state index in [-0.39, 0.29) is 17.6 Å². The van der Waals surface area contributed by atoms with Crippen molar-refractivity contribution in [3.05, 3.63) is 64.5 Å². The molecule has 2 aromatic carbocycles. The normalized spacial score (nSPS) is 11.1. The SMILES string of the molecule is CCCCCCCCCCOc1c(OC(=O)c2ccccc2)c(=O)oc2cc(OC(C)C)ccc12. The van der Waals surface area contributed by atoms with E-state index < -0.39 is 11.6 Å². The molecule has 35 heavy (non-hydrogen) atoms. The number of fused-ring (bicyclic) bond motifs is 1. The Morgan fingerprint density at radius 2 is 1.57 bits per heavy atom. The predicted octanol–water partition coefficient (Wildman–Crippen LogP) is 7.32. The first-order valence-electron chi connectivity index (χ1n) is 12.7. The Morgan fingerprint density at radius 1 is 0.886 bits per heavy atom. The van der Waals surface area contributed by atoms with Gasteiger partial charge in [-0.15, -0.1) is 0 Å². The number of rotatable bonds is 14. The lowest BCUT2D eigenvalue weighted by Crippen LogP contribution is -2.16. The van der Waals surface area contributed by atoms with Crippen LogP contribution in [0.3, 0.4) is 0 Å². The molecule has 0 atom stereocenters. The van der Waals surface area contributed by atoms with Gasteiger partial charge in [0.1, 0.15) is 11.3 Å². The third-order valence-corrected chi connectivity index (χ3v) is 5.61. The summed E-state index contributed by atoms with van der Waals surface area (Å²) in [6.45, 7) is 6.47. The number of hydrogen-bond donors (Lipinski definition) is 0. The smallest absolute Gasteiger partial charge is 0.383 e. The monoisotopic (exact) mass is 480 g/mol. The maximum atomic E-state index is 12.8. The minimum Gasteiger partial charge on any atom is -0.491 e. The van der Waals surface area contributed by atoms with Gasteiger partial charge in [-0.1, -0.05) is 70.1 Å². The molecule has 0 aliphatic rings. The minimum absolute atomic E-state index is 0.0250. The molecule has 0 aliphatic carbocycles. The molecule has 0 N–H and O–H groups in total. The molecule has 0 bridgehead atoms. The molecular weight excluding hydrogens is 444 g/mol. The quantitative estimate of drug-likeness (QED) is 0.137. The number of esters is 1. The summed E-state index contributed by atoms with van der Waals surface area (Å²) in [4.78, 5) is 25.5. The Morgan fingerprint density at radius 3 is 2.26 bits per heavy atom. The van der Waals surface area contributed by atoms with Crippen molar-refractivity contribution in [1.82, 2.24) is 0 Å². The first-order chi connectivity index (χ1) is 17.0. The zero-order valence-electron chi connectivity index (χ0n) is 21.0. The number of ether oxygens (including phenoxy) is 3. The van der Waals surface area contributed by atoms with Crippen molar-refractivity contribution in [3.8, 4) is 17.2 Å². The van der Waals surface area contributed by atoms with E-state index in [1.165, 1.54) is 32.1 Å². The van der Waals surface area contributed by atoms with Gasteiger partial charge in [-0.25, -0.2) is 9.59 Å². The molecule has 0 amide bonds. The van der Waals surface area contributed by atoms with Crippen molar-refractivity contribution in [2.45, 2.75) is 78.2 Å². The van der Waals surface area contributed by atoms with E-state index in [0.717, 1.165) is 19.3 Å². The standard InChI is InChI=1S/C29H36O6/c1-4-5-6-7-8-9-10-14-19-32-26-24-18-17-23(33-21(2)3)20-25(24)34-29(31)27(26)35-28(30)22-15-12-11-13-16-22/h11-13,15-18,20-21H,4-10,14,19H2,1-3H3. The predicted molar refractivity (Wildman–Crippen MR) is 138 cm³/mol. The van der Waals surface area contributed by atoms with Gasteiger partial charge in [-0.3, -0.25) is 0 Å². The third-order valence-electron chi connectivity index (χ3n) is 5.61. The van der Waals surface area contributed by atoms with E-state index in [1.54, 1.807) is 48.5 Å². The Labute approximate surface area is 207 Å². The summed E-state index contributed by atoms with van der Waals surface area (Å²) in [5, 5.41) is 0.552. The van der Waals surface area contributed by atoms with Crippen LogP contribution in [0.1, 0.15) is 82.5 Å². The lowest BCUT2D eigenvalue weighted by atomic mass is 10.1. The van der Waals surface area contributed by atoms with Crippen molar-refractivity contribution >= 4 is 16.9 Å². The first-order valence-corrected chi connectivity index (χ1v) is 12.7. The maximum Gasteiger partial charge on any atom is 0.383 e. The van der Waals surface area contributed by atoms with Crippen LogP contribution in [0, 0.1) is 0 Å². The molecule has 0 radical (unpaired) electrons. The molecule has 188 valence electrons. The highest BCUT2D eigenvalue weighted by molar-refractivity contribution is 5.93. The second kappa shape index (κ2) is 13.6. The second-order valence-electron chi connectivity index (χ2n) is 8.95. The van der Waals surface area contributed by atoms with E-state index >= 15 is 0 Å². The number of hydrogen-bond acceptors (Lipinski definition) is 6. The molecule has 3 aromatic rings. The summed E-state index contributed by atoms with van der Waals surface area (Å²) in [7, 11) is 0. The molecule has 0 saturated heterocycles. The van der Waals surface area contributed by atoms with Crippen molar-refractivity contribution in [3.63, 3.8) is 0 Å². The Balaban J connectivity index is 1.78. The summed E-state index contributed by atoms with van der Waals surface area (Å²) < 4.78 is 22.8. The van der Waals surface area contributed by atoms with Crippen molar-refractivity contribution < 1.29 is 23.4 Å². The van der Waals surface area contributed by atoms with Crippen molar-refractivity contribution in [2.24, 2.45) is 0 Å².